The average molecular weight is 462 g/mol. The van der Waals surface area contributed by atoms with Crippen LogP contribution in [0.15, 0.2) is 6.20 Å². The summed E-state index contributed by atoms with van der Waals surface area (Å²) in [7, 11) is 0. The number of hydrogen-bond acceptors (Lipinski definition) is 10. The Morgan fingerprint density at radius 2 is 1.45 bits per heavy atom. The van der Waals surface area contributed by atoms with Gasteiger partial charge in [-0.15, -0.1) is 0 Å². The summed E-state index contributed by atoms with van der Waals surface area (Å²) in [6.45, 7) is 5.54. The predicted octanol–water partition coefficient (Wildman–Crippen LogP) is 3.70. The average Bonchev–Trinajstić information content (AvgIpc) is 2.69. The standard InChI is InChI=1S/C9H15ClN4O.C9H16N4O.2CH4.H2/c1-2-3-4-12-8-6(5-15)7(10)13-9(11)14-8;1-2-3-4-11-8-7(6-14)5-12-9(10)13-8;;;/h15H,2-5H2,1H3,(H3,11,12,13,14);5,14H,2-4,6H2,1H3,(H3,10,11,12,13);2*1H4;1H/i;;;;1+1. The van der Waals surface area contributed by atoms with Crippen LogP contribution in [0.2, 0.25) is 5.15 Å². The Morgan fingerprint density at radius 3 is 1.97 bits per heavy atom. The number of halogens is 1. The molecule has 0 saturated heterocycles. The molecule has 11 heteroatoms. The van der Waals surface area contributed by atoms with E-state index in [-0.39, 0.29) is 46.5 Å². The highest BCUT2D eigenvalue weighted by Gasteiger charge is 2.10. The Bertz CT molecular complexity index is 756. The Hall–Kier alpha value is -2.43. The predicted molar refractivity (Wildman–Crippen MR) is 132 cm³/mol. The molecule has 2 heterocycles. The molecule has 0 spiro atoms. The molecule has 0 aliphatic carbocycles. The molecule has 0 aromatic carbocycles. The minimum absolute atomic E-state index is 0. The molecule has 0 radical (unpaired) electrons. The summed E-state index contributed by atoms with van der Waals surface area (Å²) in [5.74, 6) is 1.48. The van der Waals surface area contributed by atoms with Gasteiger partial charge in [0.05, 0.1) is 18.8 Å². The molecule has 0 amide bonds. The second kappa shape index (κ2) is 17.3. The summed E-state index contributed by atoms with van der Waals surface area (Å²) in [5, 5.41) is 24.5. The molecule has 0 bridgehead atoms. The number of nitrogens with two attached hydrogens (primary N) is 2. The molecule has 10 nitrogen and oxygen atoms in total. The number of hydrogen-bond donors (Lipinski definition) is 6. The van der Waals surface area contributed by atoms with Crippen LogP contribution in [0.3, 0.4) is 0 Å². The summed E-state index contributed by atoms with van der Waals surface area (Å²) in [6.07, 6.45) is 5.82. The summed E-state index contributed by atoms with van der Waals surface area (Å²) in [4.78, 5) is 15.6. The number of aliphatic hydroxyl groups is 2. The lowest BCUT2D eigenvalue weighted by molar-refractivity contribution is 0.281. The van der Waals surface area contributed by atoms with Gasteiger partial charge in [-0.2, -0.15) is 9.97 Å². The highest BCUT2D eigenvalue weighted by molar-refractivity contribution is 6.30. The molecule has 0 unspecified atom stereocenters. The smallest absolute Gasteiger partial charge is 0.223 e. The van der Waals surface area contributed by atoms with Crippen LogP contribution in [0.4, 0.5) is 23.5 Å². The minimum atomic E-state index is -0.201. The zero-order chi connectivity index (χ0) is 21.6. The molecule has 180 valence electrons. The van der Waals surface area contributed by atoms with Crippen molar-refractivity contribution in [3.63, 3.8) is 0 Å². The van der Waals surface area contributed by atoms with Gasteiger partial charge in [-0.05, 0) is 12.8 Å². The van der Waals surface area contributed by atoms with Crippen molar-refractivity contribution in [2.24, 2.45) is 0 Å². The first-order chi connectivity index (χ1) is 14.0. The lowest BCUT2D eigenvalue weighted by atomic mass is 10.3. The molecule has 0 aliphatic rings. The van der Waals surface area contributed by atoms with Gasteiger partial charge in [-0.3, -0.25) is 0 Å². The van der Waals surface area contributed by atoms with Crippen molar-refractivity contribution in [2.45, 2.75) is 67.6 Å². The highest BCUT2D eigenvalue weighted by atomic mass is 35.5. The normalized spacial score (nSPS) is 9.58. The van der Waals surface area contributed by atoms with Gasteiger partial charge >= 0.3 is 0 Å². The van der Waals surface area contributed by atoms with E-state index < -0.39 is 0 Å². The van der Waals surface area contributed by atoms with Gasteiger partial charge in [0, 0.05) is 26.3 Å². The van der Waals surface area contributed by atoms with Crippen molar-refractivity contribution in [1.29, 1.82) is 0 Å². The van der Waals surface area contributed by atoms with Gasteiger partial charge in [0.15, 0.2) is 0 Å². The van der Waals surface area contributed by atoms with E-state index in [0.717, 1.165) is 38.8 Å². The number of aromatic nitrogens is 4. The van der Waals surface area contributed by atoms with Crippen molar-refractivity contribution < 1.29 is 11.6 Å². The van der Waals surface area contributed by atoms with Crippen molar-refractivity contribution in [3.05, 3.63) is 22.5 Å². The third-order valence-electron chi connectivity index (χ3n) is 3.83. The Labute approximate surface area is 192 Å². The first kappa shape index (κ1) is 30.8. The fraction of sp³-hybridized carbons (Fsp3) is 0.600. The monoisotopic (exact) mass is 461 g/mol. The van der Waals surface area contributed by atoms with Crippen LogP contribution in [-0.4, -0.2) is 43.2 Å². The molecular weight excluding hydrogens is 420 g/mol. The van der Waals surface area contributed by atoms with E-state index in [4.69, 9.17) is 33.3 Å². The Kier molecular flexibility index (Phi) is 17.1. The summed E-state index contributed by atoms with van der Waals surface area (Å²) in [5.41, 5.74) is 12.1. The number of nitrogens with zero attached hydrogens (tertiary/aromatic N) is 4. The van der Waals surface area contributed by atoms with Crippen molar-refractivity contribution >= 4 is 35.1 Å². The van der Waals surface area contributed by atoms with E-state index in [1.165, 1.54) is 6.20 Å². The van der Waals surface area contributed by atoms with Crippen LogP contribution in [-0.2, 0) is 13.2 Å². The van der Waals surface area contributed by atoms with E-state index in [0.29, 0.717) is 22.8 Å². The molecule has 2 aromatic heterocycles. The third kappa shape index (κ3) is 11.0. The van der Waals surface area contributed by atoms with Crippen LogP contribution in [0.1, 0.15) is 66.9 Å². The van der Waals surface area contributed by atoms with Crippen molar-refractivity contribution in [3.8, 4) is 0 Å². The second-order valence-electron chi connectivity index (χ2n) is 6.18. The molecule has 2 aromatic rings. The quantitative estimate of drug-likeness (QED) is 0.226. The zero-order valence-electron chi connectivity index (χ0n) is 17.0. The summed E-state index contributed by atoms with van der Waals surface area (Å²) in [6, 6.07) is 0. The van der Waals surface area contributed by atoms with Gasteiger partial charge in [0.25, 0.3) is 0 Å². The van der Waals surface area contributed by atoms with Gasteiger partial charge in [0.2, 0.25) is 11.9 Å². The molecule has 0 saturated carbocycles. The number of rotatable bonds is 10. The molecule has 0 atom stereocenters. The maximum Gasteiger partial charge on any atom is 0.223 e. The van der Waals surface area contributed by atoms with E-state index in [2.05, 4.69) is 44.4 Å². The van der Waals surface area contributed by atoms with Crippen LogP contribution < -0.4 is 22.1 Å². The zero-order valence-corrected chi connectivity index (χ0v) is 17.7. The number of aliphatic hydroxyl groups excluding tert-OH is 2. The van der Waals surface area contributed by atoms with Crippen LogP contribution >= 0.6 is 11.6 Å². The van der Waals surface area contributed by atoms with Gasteiger partial charge < -0.3 is 32.3 Å². The van der Waals surface area contributed by atoms with E-state index in [9.17, 15) is 0 Å². The van der Waals surface area contributed by atoms with Crippen LogP contribution in [0.25, 0.3) is 0 Å². The van der Waals surface area contributed by atoms with Gasteiger partial charge in [-0.1, -0.05) is 53.1 Å². The highest BCUT2D eigenvalue weighted by Crippen LogP contribution is 2.21. The Balaban J connectivity index is -0.000000481. The van der Waals surface area contributed by atoms with E-state index in [1.807, 2.05) is 0 Å². The third-order valence-corrected chi connectivity index (χ3v) is 4.14. The van der Waals surface area contributed by atoms with E-state index in [1.54, 1.807) is 0 Å². The molecule has 0 aliphatic heterocycles. The number of unbranched alkanes of at least 4 members (excludes halogenated alkanes) is 2. The molecule has 0 fully saturated rings. The molecule has 8 N–H and O–H groups in total. The minimum Gasteiger partial charge on any atom is -0.391 e. The summed E-state index contributed by atoms with van der Waals surface area (Å²) >= 11 is 5.82. The second-order valence-corrected chi connectivity index (χ2v) is 6.54. The van der Waals surface area contributed by atoms with Crippen LogP contribution in [0.5, 0.6) is 0 Å². The lowest BCUT2D eigenvalue weighted by Crippen LogP contribution is -2.09. The van der Waals surface area contributed by atoms with E-state index >= 15 is 0 Å². The maximum atomic E-state index is 9.10. The van der Waals surface area contributed by atoms with Crippen LogP contribution in [0, 0.1) is 0 Å². The molecule has 31 heavy (non-hydrogen) atoms. The SMILES string of the molecule is C.C.CCCCNc1nc(N)nc(Cl)c1CO.CCCCNc1nc(N)ncc1CO.[2HH]. The van der Waals surface area contributed by atoms with Crippen molar-refractivity contribution in [2.75, 3.05) is 35.2 Å². The first-order valence-corrected chi connectivity index (χ1v) is 9.97. The number of nitrogen functional groups attached to an aromatic ring is 2. The maximum absolute atomic E-state index is 9.10. The summed E-state index contributed by atoms with van der Waals surface area (Å²) < 4.78 is 0. The van der Waals surface area contributed by atoms with Gasteiger partial charge in [-0.25, -0.2) is 9.97 Å². The first-order valence-electron chi connectivity index (χ1n) is 9.59. The fourth-order valence-electron chi connectivity index (χ4n) is 2.22. The lowest BCUT2D eigenvalue weighted by Gasteiger charge is -2.10. The van der Waals surface area contributed by atoms with Crippen molar-refractivity contribution in [1.82, 2.24) is 19.9 Å². The molecular formula is C20H41ClN8O2. The fourth-order valence-corrected chi connectivity index (χ4v) is 2.45. The molecule has 2 rings (SSSR count). The Morgan fingerprint density at radius 1 is 0.903 bits per heavy atom. The largest absolute Gasteiger partial charge is 0.391 e. The topological polar surface area (TPSA) is 168 Å². The number of anilines is 4. The van der Waals surface area contributed by atoms with Gasteiger partial charge in [0.1, 0.15) is 16.8 Å². The number of nitrogens with one attached hydrogen (secondary N) is 2.